The van der Waals surface area contributed by atoms with Crippen LogP contribution >= 0.6 is 0 Å². The van der Waals surface area contributed by atoms with Crippen molar-refractivity contribution in [3.63, 3.8) is 0 Å². The highest BCUT2D eigenvalue weighted by molar-refractivity contribution is 5.83. The number of primary amides is 1. The SMILES string of the molecule is NC(=O)CC(NC(=O)N[C@@H](CO)C(=O)O)c1nc([C@@H](N)CO)no1. The van der Waals surface area contributed by atoms with Crippen LogP contribution in [0.25, 0.3) is 0 Å². The first-order valence-corrected chi connectivity index (χ1v) is 6.67. The van der Waals surface area contributed by atoms with Crippen LogP contribution in [0.4, 0.5) is 4.79 Å². The number of aliphatic hydroxyl groups excluding tert-OH is 2. The van der Waals surface area contributed by atoms with Gasteiger partial charge in [0.05, 0.1) is 25.7 Å². The Labute approximate surface area is 135 Å². The number of aliphatic carboxylic acids is 1. The second-order valence-electron chi connectivity index (χ2n) is 4.69. The Morgan fingerprint density at radius 1 is 1.21 bits per heavy atom. The quantitative estimate of drug-likeness (QED) is 0.236. The lowest BCUT2D eigenvalue weighted by Gasteiger charge is -2.16. The van der Waals surface area contributed by atoms with E-state index in [-0.39, 0.29) is 11.7 Å². The van der Waals surface area contributed by atoms with E-state index in [0.29, 0.717) is 0 Å². The van der Waals surface area contributed by atoms with Gasteiger partial charge in [0.2, 0.25) is 11.8 Å². The Balaban J connectivity index is 2.85. The Hall–Kier alpha value is -2.77. The third kappa shape index (κ3) is 5.45. The molecular weight excluding hydrogens is 328 g/mol. The maximum atomic E-state index is 11.8. The minimum absolute atomic E-state index is 0.0528. The molecule has 1 heterocycles. The van der Waals surface area contributed by atoms with Crippen LogP contribution in [0.5, 0.6) is 0 Å². The summed E-state index contributed by atoms with van der Waals surface area (Å²) in [6.45, 7) is -1.29. The number of hydrogen-bond acceptors (Lipinski definition) is 9. The first-order chi connectivity index (χ1) is 11.3. The highest BCUT2D eigenvalue weighted by Gasteiger charge is 2.26. The number of carbonyl (C=O) groups excluding carboxylic acids is 2. The maximum absolute atomic E-state index is 11.8. The molecule has 0 spiro atoms. The van der Waals surface area contributed by atoms with Crippen LogP contribution in [-0.4, -0.2) is 62.6 Å². The second kappa shape index (κ2) is 8.76. The number of rotatable bonds is 9. The van der Waals surface area contributed by atoms with E-state index < -0.39 is 55.7 Å². The van der Waals surface area contributed by atoms with Crippen LogP contribution in [0.15, 0.2) is 4.52 Å². The molecule has 13 nitrogen and oxygen atoms in total. The van der Waals surface area contributed by atoms with E-state index in [2.05, 4.69) is 15.5 Å². The Bertz CT molecular complexity index is 591. The van der Waals surface area contributed by atoms with Gasteiger partial charge in [0.15, 0.2) is 11.9 Å². The number of carbonyl (C=O) groups is 3. The van der Waals surface area contributed by atoms with Crippen molar-refractivity contribution in [3.8, 4) is 0 Å². The molecule has 3 atom stereocenters. The molecule has 13 heteroatoms. The first-order valence-electron chi connectivity index (χ1n) is 6.67. The molecule has 0 aromatic carbocycles. The summed E-state index contributed by atoms with van der Waals surface area (Å²) in [7, 11) is 0. The summed E-state index contributed by atoms with van der Waals surface area (Å²) in [5, 5.41) is 34.2. The molecule has 0 fully saturated rings. The first kappa shape index (κ1) is 19.3. The minimum atomic E-state index is -1.54. The van der Waals surface area contributed by atoms with Gasteiger partial charge in [0.25, 0.3) is 0 Å². The van der Waals surface area contributed by atoms with Crippen molar-refractivity contribution in [2.45, 2.75) is 24.5 Å². The summed E-state index contributed by atoms with van der Waals surface area (Å²) in [5.41, 5.74) is 10.6. The summed E-state index contributed by atoms with van der Waals surface area (Å²) >= 11 is 0. The molecule has 0 radical (unpaired) electrons. The number of nitrogens with zero attached hydrogens (tertiary/aromatic N) is 2. The maximum Gasteiger partial charge on any atom is 0.328 e. The lowest BCUT2D eigenvalue weighted by Crippen LogP contribution is -2.49. The van der Waals surface area contributed by atoms with Crippen molar-refractivity contribution in [2.75, 3.05) is 13.2 Å². The van der Waals surface area contributed by atoms with Gasteiger partial charge in [-0.2, -0.15) is 4.98 Å². The summed E-state index contributed by atoms with van der Waals surface area (Å²) in [6, 6.07) is -4.62. The van der Waals surface area contributed by atoms with Crippen LogP contribution < -0.4 is 22.1 Å². The van der Waals surface area contributed by atoms with E-state index in [9.17, 15) is 14.4 Å². The number of hydrogen-bond donors (Lipinski definition) is 7. The zero-order chi connectivity index (χ0) is 18.3. The van der Waals surface area contributed by atoms with Gasteiger partial charge in [-0.3, -0.25) is 4.79 Å². The number of carboxylic acid groups (broad SMARTS) is 1. The van der Waals surface area contributed by atoms with Crippen LogP contribution in [0.2, 0.25) is 0 Å². The highest BCUT2D eigenvalue weighted by atomic mass is 16.5. The van der Waals surface area contributed by atoms with E-state index in [1.165, 1.54) is 0 Å². The second-order valence-corrected chi connectivity index (χ2v) is 4.69. The fraction of sp³-hybridized carbons (Fsp3) is 0.545. The van der Waals surface area contributed by atoms with Gasteiger partial charge < -0.3 is 41.9 Å². The lowest BCUT2D eigenvalue weighted by molar-refractivity contribution is -0.140. The summed E-state index contributed by atoms with van der Waals surface area (Å²) < 4.78 is 4.86. The molecule has 1 aromatic rings. The Morgan fingerprint density at radius 2 is 1.88 bits per heavy atom. The summed E-state index contributed by atoms with van der Waals surface area (Å²) in [4.78, 5) is 37.5. The van der Waals surface area contributed by atoms with Crippen LogP contribution in [0, 0.1) is 0 Å². The molecular formula is C11H18N6O7. The molecule has 3 amide bonds. The molecule has 1 aromatic heterocycles. The van der Waals surface area contributed by atoms with E-state index in [0.717, 1.165) is 0 Å². The number of aromatic nitrogens is 2. The van der Waals surface area contributed by atoms with Crippen molar-refractivity contribution in [3.05, 3.63) is 11.7 Å². The van der Waals surface area contributed by atoms with Gasteiger partial charge in [-0.15, -0.1) is 0 Å². The standard InChI is InChI=1S/C11H18N6O7/c12-4(2-18)8-16-9(24-17-8)5(1-7(13)20)14-11(23)15-6(3-19)10(21)22/h4-6,18-19H,1-3,12H2,(H2,13,20)(H,21,22)(H2,14,15,23)/t4-,5?,6-/m0/s1. The van der Waals surface area contributed by atoms with Gasteiger partial charge in [-0.25, -0.2) is 9.59 Å². The summed E-state index contributed by atoms with van der Waals surface area (Å²) in [6.07, 6.45) is -0.416. The lowest BCUT2D eigenvalue weighted by atomic mass is 10.2. The highest BCUT2D eigenvalue weighted by Crippen LogP contribution is 2.16. The number of aliphatic hydroxyl groups is 2. The molecule has 1 unspecified atom stereocenters. The van der Waals surface area contributed by atoms with Gasteiger partial charge in [-0.05, 0) is 0 Å². The molecule has 0 bridgehead atoms. The largest absolute Gasteiger partial charge is 0.480 e. The predicted octanol–water partition coefficient (Wildman–Crippen LogP) is -3.28. The Kier molecular flexibility index (Phi) is 7.03. The minimum Gasteiger partial charge on any atom is -0.480 e. The molecule has 134 valence electrons. The fourth-order valence-corrected chi connectivity index (χ4v) is 1.57. The fourth-order valence-electron chi connectivity index (χ4n) is 1.57. The van der Waals surface area contributed by atoms with Gasteiger partial charge >= 0.3 is 12.0 Å². The average molecular weight is 346 g/mol. The predicted molar refractivity (Wildman–Crippen MR) is 75.0 cm³/mol. The normalized spacial score (nSPS) is 14.5. The van der Waals surface area contributed by atoms with Crippen molar-refractivity contribution >= 4 is 17.9 Å². The monoisotopic (exact) mass is 346 g/mol. The van der Waals surface area contributed by atoms with Crippen LogP contribution in [0.3, 0.4) is 0 Å². The molecule has 0 saturated carbocycles. The molecule has 0 aliphatic rings. The van der Waals surface area contributed by atoms with E-state index >= 15 is 0 Å². The van der Waals surface area contributed by atoms with Crippen LogP contribution in [-0.2, 0) is 9.59 Å². The number of carboxylic acids is 1. The molecule has 0 aliphatic heterocycles. The molecule has 24 heavy (non-hydrogen) atoms. The molecule has 0 aliphatic carbocycles. The molecule has 0 saturated heterocycles. The third-order valence-corrected chi connectivity index (χ3v) is 2.78. The van der Waals surface area contributed by atoms with E-state index in [4.69, 9.17) is 31.3 Å². The van der Waals surface area contributed by atoms with Gasteiger partial charge in [0, 0.05) is 0 Å². The van der Waals surface area contributed by atoms with E-state index in [1.54, 1.807) is 0 Å². The Morgan fingerprint density at radius 3 is 2.38 bits per heavy atom. The van der Waals surface area contributed by atoms with Crippen molar-refractivity contribution in [2.24, 2.45) is 11.5 Å². The van der Waals surface area contributed by atoms with Crippen LogP contribution in [0.1, 0.15) is 30.2 Å². The zero-order valence-electron chi connectivity index (χ0n) is 12.4. The number of urea groups is 1. The van der Waals surface area contributed by atoms with Gasteiger partial charge in [0.1, 0.15) is 6.04 Å². The van der Waals surface area contributed by atoms with Crippen molar-refractivity contribution < 1.29 is 34.2 Å². The molecule has 1 rings (SSSR count). The van der Waals surface area contributed by atoms with Crippen molar-refractivity contribution in [1.29, 1.82) is 0 Å². The van der Waals surface area contributed by atoms with Crippen molar-refractivity contribution in [1.82, 2.24) is 20.8 Å². The number of nitrogens with two attached hydrogens (primary N) is 2. The molecule has 9 N–H and O–H groups in total. The number of nitrogens with one attached hydrogen (secondary N) is 2. The topological polar surface area (TPSA) is 227 Å². The zero-order valence-corrected chi connectivity index (χ0v) is 12.4. The summed E-state index contributed by atoms with van der Waals surface area (Å²) in [5.74, 6) is -2.52. The third-order valence-electron chi connectivity index (χ3n) is 2.78. The number of amides is 3. The van der Waals surface area contributed by atoms with E-state index in [1.807, 2.05) is 5.32 Å². The average Bonchev–Trinajstić information content (AvgIpc) is 3.00. The van der Waals surface area contributed by atoms with Gasteiger partial charge in [-0.1, -0.05) is 5.16 Å². The smallest absolute Gasteiger partial charge is 0.328 e.